The van der Waals surface area contributed by atoms with Crippen molar-refractivity contribution in [2.75, 3.05) is 0 Å². The molecule has 3 rings (SSSR count). The van der Waals surface area contributed by atoms with Crippen LogP contribution in [0, 0.1) is 5.82 Å². The van der Waals surface area contributed by atoms with E-state index in [1.54, 1.807) is 24.3 Å². The van der Waals surface area contributed by atoms with E-state index in [0.29, 0.717) is 0 Å². The number of hydrogen-bond acceptors (Lipinski definition) is 2. The first-order chi connectivity index (χ1) is 12.1. The first-order valence-electron chi connectivity index (χ1n) is 9.14. The fraction of sp³-hybridized carbons (Fsp3) is 0.429. The third-order valence-electron chi connectivity index (χ3n) is 4.71. The Bertz CT molecular complexity index is 665. The molecule has 1 atom stereocenters. The molecule has 1 radical (unpaired) electrons. The van der Waals surface area contributed by atoms with Crippen molar-refractivity contribution in [3.63, 3.8) is 0 Å². The Kier molecular flexibility index (Phi) is 7.50. The van der Waals surface area contributed by atoms with Gasteiger partial charge in [-0.15, -0.1) is 0 Å². The molecule has 4 heteroatoms. The van der Waals surface area contributed by atoms with E-state index in [0.717, 1.165) is 29.7 Å². The van der Waals surface area contributed by atoms with Gasteiger partial charge >= 0.3 is 0 Å². The smallest absolute Gasteiger partial charge is 0.124 e. The number of rotatable bonds is 4. The molecule has 0 aromatic heterocycles. The summed E-state index contributed by atoms with van der Waals surface area (Å²) in [7, 11) is 0.137. The zero-order valence-electron chi connectivity index (χ0n) is 15.4. The number of ether oxygens (including phenoxy) is 1. The average Bonchev–Trinajstić information content (AvgIpc) is 2.63. The van der Waals surface area contributed by atoms with Crippen LogP contribution >= 0.6 is 0 Å². The van der Waals surface area contributed by atoms with Crippen LogP contribution in [0.1, 0.15) is 44.4 Å². The summed E-state index contributed by atoms with van der Waals surface area (Å²) in [6.07, 6.45) is 1.50. The van der Waals surface area contributed by atoms with Gasteiger partial charge < -0.3 is 9.84 Å². The molecule has 25 heavy (non-hydrogen) atoms. The van der Waals surface area contributed by atoms with Crippen LogP contribution in [0.15, 0.2) is 42.5 Å². The largest absolute Gasteiger partial charge is 0.508 e. The molecule has 0 aliphatic carbocycles. The second-order valence-corrected chi connectivity index (χ2v) is 9.92. The highest BCUT2D eigenvalue weighted by Gasteiger charge is 2.21. The van der Waals surface area contributed by atoms with E-state index < -0.39 is 0 Å². The molecule has 1 N–H and O–H groups in total. The minimum Gasteiger partial charge on any atom is -0.508 e. The van der Waals surface area contributed by atoms with Crippen LogP contribution in [0.3, 0.4) is 0 Å². The number of benzene rings is 2. The molecule has 1 heterocycles. The quantitative estimate of drug-likeness (QED) is 0.665. The van der Waals surface area contributed by atoms with Gasteiger partial charge in [-0.2, -0.15) is 0 Å². The Morgan fingerprint density at radius 3 is 2.40 bits per heavy atom. The number of phenolic OH excluding ortho intramolecular Hbond substituents is 1. The monoisotopic (exact) mass is 359 g/mol. The summed E-state index contributed by atoms with van der Waals surface area (Å²) in [6, 6.07) is 16.0. The molecule has 2 aromatic rings. The molecule has 0 amide bonds. The van der Waals surface area contributed by atoms with E-state index in [4.69, 9.17) is 4.74 Å². The van der Waals surface area contributed by atoms with E-state index in [1.165, 1.54) is 30.3 Å². The lowest BCUT2D eigenvalue weighted by Gasteiger charge is -2.26. The molecule has 2 nitrogen and oxygen atoms in total. The summed E-state index contributed by atoms with van der Waals surface area (Å²) in [5, 5.41) is 9.40. The van der Waals surface area contributed by atoms with E-state index in [-0.39, 0.29) is 26.5 Å². The maximum absolute atomic E-state index is 13.2. The number of aromatic hydroxyl groups is 1. The van der Waals surface area contributed by atoms with Gasteiger partial charge in [0, 0.05) is 8.80 Å². The topological polar surface area (TPSA) is 29.5 Å². The zero-order valence-corrected chi connectivity index (χ0v) is 16.4. The van der Waals surface area contributed by atoms with E-state index in [2.05, 4.69) is 20.8 Å². The van der Waals surface area contributed by atoms with Crippen molar-refractivity contribution in [2.45, 2.75) is 57.8 Å². The molecular weight excluding hydrogens is 331 g/mol. The molecule has 135 valence electrons. The Morgan fingerprint density at radius 2 is 1.80 bits per heavy atom. The molecule has 0 fully saturated rings. The zero-order chi connectivity index (χ0) is 18.2. The molecule has 1 aliphatic rings. The summed E-state index contributed by atoms with van der Waals surface area (Å²) in [5.74, 6) is 0.780. The van der Waals surface area contributed by atoms with Gasteiger partial charge in [0.15, 0.2) is 0 Å². The Labute approximate surface area is 152 Å². The second kappa shape index (κ2) is 9.61. The highest BCUT2D eigenvalue weighted by Crippen LogP contribution is 2.36. The van der Waals surface area contributed by atoms with Gasteiger partial charge in [0.1, 0.15) is 23.4 Å². The summed E-state index contributed by atoms with van der Waals surface area (Å²) >= 11 is 0. The number of phenols is 1. The summed E-state index contributed by atoms with van der Waals surface area (Å²) in [6.45, 7) is 6.92. The van der Waals surface area contributed by atoms with Gasteiger partial charge in [-0.25, -0.2) is 4.39 Å². The Hall–Kier alpha value is -1.81. The standard InChI is InChI=1S/C15H13FO2.C6H15Si/c16-12-3-1-2-10(8-12)14-6-4-11-9-13(17)5-7-15(11)18-14;1-4-7(5-2)6-3/h1-3,5,7-9,14,17H,4,6H2;4-6H2,1-3H3. The van der Waals surface area contributed by atoms with Crippen molar-refractivity contribution in [3.05, 3.63) is 59.4 Å². The Balaban J connectivity index is 0.000000277. The van der Waals surface area contributed by atoms with Gasteiger partial charge in [-0.1, -0.05) is 51.0 Å². The van der Waals surface area contributed by atoms with Crippen LogP contribution in [0.2, 0.25) is 18.1 Å². The van der Waals surface area contributed by atoms with Gasteiger partial charge in [-0.3, -0.25) is 0 Å². The fourth-order valence-electron chi connectivity index (χ4n) is 3.07. The predicted octanol–water partition coefficient (Wildman–Crippen LogP) is 6.14. The minimum atomic E-state index is -0.243. The molecule has 0 bridgehead atoms. The third kappa shape index (κ3) is 5.60. The van der Waals surface area contributed by atoms with Crippen molar-refractivity contribution < 1.29 is 14.2 Å². The molecule has 0 saturated heterocycles. The van der Waals surface area contributed by atoms with E-state index in [1.807, 2.05) is 6.07 Å². The maximum Gasteiger partial charge on any atom is 0.124 e. The van der Waals surface area contributed by atoms with Crippen LogP contribution in [0.5, 0.6) is 11.5 Å². The van der Waals surface area contributed by atoms with E-state index in [9.17, 15) is 9.50 Å². The molecule has 1 aliphatic heterocycles. The van der Waals surface area contributed by atoms with Crippen LogP contribution in [0.4, 0.5) is 4.39 Å². The second-order valence-electron chi connectivity index (χ2n) is 6.30. The van der Waals surface area contributed by atoms with Gasteiger partial charge in [0.25, 0.3) is 0 Å². The lowest BCUT2D eigenvalue weighted by Crippen LogP contribution is -2.15. The number of fused-ring (bicyclic) bond motifs is 1. The van der Waals surface area contributed by atoms with Gasteiger partial charge in [0.05, 0.1) is 0 Å². The molecule has 0 saturated carbocycles. The predicted molar refractivity (Wildman–Crippen MR) is 103 cm³/mol. The lowest BCUT2D eigenvalue weighted by molar-refractivity contribution is 0.176. The van der Waals surface area contributed by atoms with Crippen molar-refractivity contribution in [1.82, 2.24) is 0 Å². The summed E-state index contributed by atoms with van der Waals surface area (Å²) < 4.78 is 19.0. The molecule has 2 aromatic carbocycles. The number of hydrogen-bond donors (Lipinski definition) is 1. The average molecular weight is 360 g/mol. The normalized spacial score (nSPS) is 15.8. The molecular formula is C21H28FO2Si. The molecule has 1 unspecified atom stereocenters. The van der Waals surface area contributed by atoms with Crippen LogP contribution in [-0.2, 0) is 6.42 Å². The lowest BCUT2D eigenvalue weighted by atomic mass is 9.97. The summed E-state index contributed by atoms with van der Waals surface area (Å²) in [5.41, 5.74) is 1.86. The number of halogens is 1. The number of aryl methyl sites for hydroxylation is 1. The third-order valence-corrected chi connectivity index (χ3v) is 7.71. The van der Waals surface area contributed by atoms with Crippen molar-refractivity contribution in [3.8, 4) is 11.5 Å². The SMILES string of the molecule is CC[Si](CC)CC.Oc1ccc2c(c1)CCC(c1cccc(F)c1)O2. The highest BCUT2D eigenvalue weighted by molar-refractivity contribution is 6.58. The van der Waals surface area contributed by atoms with Crippen molar-refractivity contribution in [1.29, 1.82) is 0 Å². The molecule has 0 spiro atoms. The van der Waals surface area contributed by atoms with E-state index >= 15 is 0 Å². The van der Waals surface area contributed by atoms with Gasteiger partial charge in [0.2, 0.25) is 0 Å². The Morgan fingerprint density at radius 1 is 1.08 bits per heavy atom. The van der Waals surface area contributed by atoms with Crippen LogP contribution in [-0.4, -0.2) is 13.9 Å². The minimum absolute atomic E-state index is 0.113. The van der Waals surface area contributed by atoms with Crippen LogP contribution in [0.25, 0.3) is 0 Å². The van der Waals surface area contributed by atoms with Crippen molar-refractivity contribution >= 4 is 8.80 Å². The first-order valence-corrected chi connectivity index (χ1v) is 11.3. The first kappa shape index (κ1) is 19.5. The maximum atomic E-state index is 13.2. The van der Waals surface area contributed by atoms with Gasteiger partial charge in [-0.05, 0) is 54.3 Å². The highest BCUT2D eigenvalue weighted by atomic mass is 28.3. The fourth-order valence-corrected chi connectivity index (χ4v) is 4.57. The summed E-state index contributed by atoms with van der Waals surface area (Å²) in [4.78, 5) is 0. The van der Waals surface area contributed by atoms with Crippen molar-refractivity contribution in [2.24, 2.45) is 0 Å². The van der Waals surface area contributed by atoms with Crippen LogP contribution < -0.4 is 4.74 Å².